The van der Waals surface area contributed by atoms with Crippen LogP contribution < -0.4 is 19.6 Å². The average molecular weight is 326 g/mol. The number of ether oxygens (including phenoxy) is 3. The lowest BCUT2D eigenvalue weighted by atomic mass is 10.1. The topological polar surface area (TPSA) is 57.9 Å². The van der Waals surface area contributed by atoms with Gasteiger partial charge >= 0.3 is 0 Å². The molecule has 2 aromatic carbocycles. The van der Waals surface area contributed by atoms with E-state index in [0.29, 0.717) is 34.0 Å². The van der Waals surface area contributed by atoms with Gasteiger partial charge in [0.15, 0.2) is 16.8 Å². The fourth-order valence-corrected chi connectivity index (χ4v) is 2.62. The van der Waals surface area contributed by atoms with Gasteiger partial charge in [0.25, 0.3) is 0 Å². The maximum atomic E-state index is 12.7. The van der Waals surface area contributed by atoms with Crippen molar-refractivity contribution in [3.63, 3.8) is 0 Å². The third-order valence-electron chi connectivity index (χ3n) is 3.87. The van der Waals surface area contributed by atoms with Crippen LogP contribution >= 0.6 is 0 Å². The highest BCUT2D eigenvalue weighted by atomic mass is 16.5. The first kappa shape index (κ1) is 15.9. The van der Waals surface area contributed by atoms with Gasteiger partial charge in [-0.3, -0.25) is 4.79 Å². The molecule has 0 unspecified atom stereocenters. The summed E-state index contributed by atoms with van der Waals surface area (Å²) in [6.07, 6.45) is 0. The van der Waals surface area contributed by atoms with E-state index in [-0.39, 0.29) is 5.43 Å². The van der Waals surface area contributed by atoms with Crippen LogP contribution in [0.3, 0.4) is 0 Å². The van der Waals surface area contributed by atoms with Gasteiger partial charge in [-0.1, -0.05) is 29.8 Å². The minimum atomic E-state index is -0.204. The Morgan fingerprint density at radius 1 is 0.875 bits per heavy atom. The first-order valence-electron chi connectivity index (χ1n) is 7.43. The molecule has 3 aromatic rings. The summed E-state index contributed by atoms with van der Waals surface area (Å²) < 4.78 is 22.0. The number of benzene rings is 2. The third-order valence-corrected chi connectivity index (χ3v) is 3.87. The fraction of sp³-hybridized carbons (Fsp3) is 0.211. The molecule has 0 radical (unpaired) electrons. The zero-order valence-corrected chi connectivity index (χ0v) is 14.0. The number of fused-ring (bicyclic) bond motifs is 1. The Morgan fingerprint density at radius 3 is 2.12 bits per heavy atom. The summed E-state index contributed by atoms with van der Waals surface area (Å²) in [6.45, 7) is 2.00. The maximum Gasteiger partial charge on any atom is 0.205 e. The van der Waals surface area contributed by atoms with Crippen LogP contribution in [-0.2, 0) is 0 Å². The molecule has 0 saturated carbocycles. The Balaban J connectivity index is 2.37. The summed E-state index contributed by atoms with van der Waals surface area (Å²) in [4.78, 5) is 12.7. The monoisotopic (exact) mass is 326 g/mol. The molecule has 3 rings (SSSR count). The molecule has 0 aliphatic heterocycles. The highest BCUT2D eigenvalue weighted by molar-refractivity contribution is 5.92. The average Bonchev–Trinajstić information content (AvgIpc) is 2.60. The summed E-state index contributed by atoms with van der Waals surface area (Å²) >= 11 is 0. The lowest BCUT2D eigenvalue weighted by Gasteiger charge is -2.13. The van der Waals surface area contributed by atoms with Crippen molar-refractivity contribution in [3.8, 4) is 28.6 Å². The summed E-state index contributed by atoms with van der Waals surface area (Å²) in [6, 6.07) is 10.8. The number of rotatable bonds is 4. The molecule has 124 valence electrons. The van der Waals surface area contributed by atoms with Crippen molar-refractivity contribution >= 4 is 11.0 Å². The smallest absolute Gasteiger partial charge is 0.205 e. The van der Waals surface area contributed by atoms with Crippen LogP contribution in [-0.4, -0.2) is 21.3 Å². The van der Waals surface area contributed by atoms with E-state index in [1.807, 2.05) is 31.2 Å². The molecule has 5 heteroatoms. The van der Waals surface area contributed by atoms with Crippen molar-refractivity contribution in [2.75, 3.05) is 21.3 Å². The van der Waals surface area contributed by atoms with Gasteiger partial charge in [0, 0.05) is 17.7 Å². The second kappa shape index (κ2) is 6.28. The molecule has 0 amide bonds. The van der Waals surface area contributed by atoms with E-state index in [1.165, 1.54) is 27.4 Å². The summed E-state index contributed by atoms with van der Waals surface area (Å²) in [5.74, 6) is 1.64. The van der Waals surface area contributed by atoms with Gasteiger partial charge in [-0.05, 0) is 6.92 Å². The van der Waals surface area contributed by atoms with Gasteiger partial charge in [0.1, 0.15) is 16.9 Å². The van der Waals surface area contributed by atoms with Crippen LogP contribution in [0.1, 0.15) is 5.56 Å². The predicted octanol–water partition coefficient (Wildman–Crippen LogP) is 3.79. The van der Waals surface area contributed by atoms with Crippen LogP contribution in [0.4, 0.5) is 0 Å². The predicted molar refractivity (Wildman–Crippen MR) is 92.3 cm³/mol. The van der Waals surface area contributed by atoms with E-state index in [1.54, 1.807) is 6.07 Å². The molecule has 1 heterocycles. The summed E-state index contributed by atoms with van der Waals surface area (Å²) in [7, 11) is 4.52. The number of hydrogen-bond acceptors (Lipinski definition) is 5. The Hall–Kier alpha value is -2.95. The molecular formula is C19H18O5. The molecule has 0 atom stereocenters. The van der Waals surface area contributed by atoms with Gasteiger partial charge < -0.3 is 18.6 Å². The Labute approximate surface area is 139 Å². The Bertz CT molecular complexity index is 939. The van der Waals surface area contributed by atoms with Crippen molar-refractivity contribution in [2.45, 2.75) is 6.92 Å². The fourth-order valence-electron chi connectivity index (χ4n) is 2.62. The highest BCUT2D eigenvalue weighted by Gasteiger charge is 2.20. The molecule has 1 aromatic heterocycles. The molecule has 24 heavy (non-hydrogen) atoms. The summed E-state index contributed by atoms with van der Waals surface area (Å²) in [5.41, 5.74) is 2.03. The van der Waals surface area contributed by atoms with E-state index in [0.717, 1.165) is 11.1 Å². The van der Waals surface area contributed by atoms with E-state index in [9.17, 15) is 4.79 Å². The zero-order chi connectivity index (χ0) is 17.3. The number of aryl methyl sites for hydroxylation is 1. The largest absolute Gasteiger partial charge is 0.496 e. The number of hydrogen-bond donors (Lipinski definition) is 0. The second-order valence-electron chi connectivity index (χ2n) is 5.36. The molecule has 5 nitrogen and oxygen atoms in total. The van der Waals surface area contributed by atoms with E-state index in [4.69, 9.17) is 18.6 Å². The minimum Gasteiger partial charge on any atom is -0.496 e. The molecule has 0 N–H and O–H groups in total. The molecule has 0 aliphatic carbocycles. The Morgan fingerprint density at radius 2 is 1.54 bits per heavy atom. The standard InChI is InChI=1S/C19H18O5/c1-11-5-7-12(8-6-11)14-9-13(20)17-15(21-2)10-16(22-3)18(23-4)19(17)24-14/h5-10H,1-4H3. The lowest BCUT2D eigenvalue weighted by molar-refractivity contribution is 0.348. The van der Waals surface area contributed by atoms with Gasteiger partial charge in [-0.2, -0.15) is 0 Å². The van der Waals surface area contributed by atoms with Crippen molar-refractivity contribution < 1.29 is 18.6 Å². The van der Waals surface area contributed by atoms with Crippen LogP contribution in [0.2, 0.25) is 0 Å². The quantitative estimate of drug-likeness (QED) is 0.730. The summed E-state index contributed by atoms with van der Waals surface area (Å²) in [5, 5.41) is 0.325. The molecule has 0 bridgehead atoms. The van der Waals surface area contributed by atoms with E-state index in [2.05, 4.69) is 0 Å². The van der Waals surface area contributed by atoms with Crippen LogP contribution in [0.25, 0.3) is 22.3 Å². The zero-order valence-electron chi connectivity index (χ0n) is 14.0. The lowest BCUT2D eigenvalue weighted by Crippen LogP contribution is -2.05. The SMILES string of the molecule is COc1cc(OC)c2c(=O)cc(-c3ccc(C)cc3)oc2c1OC. The molecular weight excluding hydrogens is 308 g/mol. The van der Waals surface area contributed by atoms with E-state index < -0.39 is 0 Å². The Kier molecular flexibility index (Phi) is 4.16. The molecule has 0 spiro atoms. The van der Waals surface area contributed by atoms with Gasteiger partial charge in [0.2, 0.25) is 5.75 Å². The highest BCUT2D eigenvalue weighted by Crippen LogP contribution is 2.41. The van der Waals surface area contributed by atoms with Crippen molar-refractivity contribution in [2.24, 2.45) is 0 Å². The normalized spacial score (nSPS) is 10.7. The first-order chi connectivity index (χ1) is 11.6. The second-order valence-corrected chi connectivity index (χ2v) is 5.36. The maximum absolute atomic E-state index is 12.7. The molecule has 0 saturated heterocycles. The van der Waals surface area contributed by atoms with Crippen LogP contribution in [0, 0.1) is 6.92 Å². The van der Waals surface area contributed by atoms with Gasteiger partial charge in [-0.15, -0.1) is 0 Å². The minimum absolute atomic E-state index is 0.204. The molecule has 0 fully saturated rings. The third kappa shape index (κ3) is 2.58. The first-order valence-corrected chi connectivity index (χ1v) is 7.43. The van der Waals surface area contributed by atoms with E-state index >= 15 is 0 Å². The van der Waals surface area contributed by atoms with Crippen LogP contribution in [0.5, 0.6) is 17.2 Å². The van der Waals surface area contributed by atoms with Crippen molar-refractivity contribution in [1.29, 1.82) is 0 Å². The number of methoxy groups -OCH3 is 3. The van der Waals surface area contributed by atoms with Gasteiger partial charge in [0.05, 0.1) is 21.3 Å². The van der Waals surface area contributed by atoms with Crippen molar-refractivity contribution in [3.05, 3.63) is 52.2 Å². The van der Waals surface area contributed by atoms with Gasteiger partial charge in [-0.25, -0.2) is 0 Å². The van der Waals surface area contributed by atoms with Crippen LogP contribution in [0.15, 0.2) is 45.6 Å². The molecule has 0 aliphatic rings. The van der Waals surface area contributed by atoms with Crippen molar-refractivity contribution in [1.82, 2.24) is 0 Å².